The van der Waals surface area contributed by atoms with E-state index in [-0.39, 0.29) is 23.1 Å². The molecule has 3 aromatic rings. The van der Waals surface area contributed by atoms with Gasteiger partial charge in [0.05, 0.1) is 12.8 Å². The molecule has 1 N–H and O–H groups in total. The topological polar surface area (TPSA) is 94.2 Å². The van der Waals surface area contributed by atoms with E-state index in [2.05, 4.69) is 5.32 Å². The minimum atomic E-state index is -4.20. The normalized spacial score (nSPS) is 12.4. The summed E-state index contributed by atoms with van der Waals surface area (Å²) < 4.78 is 44.5. The molecule has 1 amide bonds. The van der Waals surface area contributed by atoms with Gasteiger partial charge in [0.25, 0.3) is 10.0 Å². The van der Waals surface area contributed by atoms with E-state index in [1.54, 1.807) is 56.3 Å². The maximum atomic E-state index is 13.8. The van der Waals surface area contributed by atoms with Crippen LogP contribution in [0.1, 0.15) is 11.1 Å². The van der Waals surface area contributed by atoms with Gasteiger partial charge >= 0.3 is 0 Å². The highest BCUT2D eigenvalue weighted by Crippen LogP contribution is 2.35. The van der Waals surface area contributed by atoms with Gasteiger partial charge in [-0.1, -0.05) is 23.7 Å². The minimum Gasteiger partial charge on any atom is -0.495 e. The Bertz CT molecular complexity index is 1360. The lowest BCUT2D eigenvalue weighted by Gasteiger charge is -2.25. The van der Waals surface area contributed by atoms with E-state index >= 15 is 0 Å². The molecule has 34 heavy (non-hydrogen) atoms. The van der Waals surface area contributed by atoms with Crippen LogP contribution in [0.4, 0.5) is 11.4 Å². The first-order valence-corrected chi connectivity index (χ1v) is 12.1. The number of hydrogen-bond donors (Lipinski definition) is 1. The van der Waals surface area contributed by atoms with Gasteiger partial charge < -0.3 is 19.5 Å². The summed E-state index contributed by atoms with van der Waals surface area (Å²) in [4.78, 5) is 12.9. The number of hydrogen-bond acceptors (Lipinski definition) is 6. The maximum absolute atomic E-state index is 13.8. The molecular formula is C24H23ClN2O6S. The van der Waals surface area contributed by atoms with Crippen LogP contribution in [-0.4, -0.2) is 34.8 Å². The molecule has 0 saturated heterocycles. The van der Waals surface area contributed by atoms with E-state index in [4.69, 9.17) is 25.8 Å². The molecule has 0 bridgehead atoms. The third kappa shape index (κ3) is 4.76. The fourth-order valence-electron chi connectivity index (χ4n) is 3.46. The highest BCUT2D eigenvalue weighted by molar-refractivity contribution is 7.93. The first-order valence-electron chi connectivity index (χ1n) is 10.3. The summed E-state index contributed by atoms with van der Waals surface area (Å²) in [7, 11) is -2.81. The van der Waals surface area contributed by atoms with Crippen LogP contribution in [0.15, 0.2) is 59.5 Å². The number of amides is 1. The third-order valence-corrected chi connectivity index (χ3v) is 7.48. The molecule has 0 radical (unpaired) electrons. The Balaban J connectivity index is 1.70. The average Bonchev–Trinajstić information content (AvgIpc) is 3.27. The smallest absolute Gasteiger partial charge is 0.268 e. The number of nitrogens with one attached hydrogen (secondary N) is 1. The first-order chi connectivity index (χ1) is 16.2. The van der Waals surface area contributed by atoms with Crippen LogP contribution in [0, 0.1) is 13.8 Å². The second-order valence-electron chi connectivity index (χ2n) is 7.72. The number of rotatable bonds is 7. The van der Waals surface area contributed by atoms with Crippen molar-refractivity contribution in [3.63, 3.8) is 0 Å². The molecule has 178 valence electrons. The van der Waals surface area contributed by atoms with Gasteiger partial charge in [-0.15, -0.1) is 0 Å². The number of aryl methyl sites for hydroxylation is 2. The summed E-state index contributed by atoms with van der Waals surface area (Å²) >= 11 is 6.29. The van der Waals surface area contributed by atoms with Crippen molar-refractivity contribution in [2.75, 3.05) is 30.1 Å². The monoisotopic (exact) mass is 502 g/mol. The fraction of sp³-hybridized carbons (Fsp3) is 0.208. The van der Waals surface area contributed by atoms with E-state index in [1.165, 1.54) is 19.2 Å². The molecule has 4 rings (SSSR count). The quantitative estimate of drug-likeness (QED) is 0.510. The molecular weight excluding hydrogens is 480 g/mol. The van der Waals surface area contributed by atoms with Gasteiger partial charge in [0, 0.05) is 16.8 Å². The van der Waals surface area contributed by atoms with Crippen molar-refractivity contribution in [3.8, 4) is 17.2 Å². The number of carbonyl (C=O) groups is 1. The number of ether oxygens (including phenoxy) is 3. The van der Waals surface area contributed by atoms with Crippen molar-refractivity contribution in [3.05, 3.63) is 70.7 Å². The lowest BCUT2D eigenvalue weighted by molar-refractivity contribution is -0.114. The molecule has 0 fully saturated rings. The number of fused-ring (bicyclic) bond motifs is 1. The number of halogens is 1. The molecule has 1 aliphatic rings. The zero-order chi connectivity index (χ0) is 24.5. The number of sulfonamides is 1. The van der Waals surface area contributed by atoms with Crippen LogP contribution in [0.3, 0.4) is 0 Å². The predicted octanol–water partition coefficient (Wildman–Crippen LogP) is 4.53. The average molecular weight is 503 g/mol. The van der Waals surface area contributed by atoms with E-state index in [0.717, 1.165) is 15.4 Å². The standard InChI is InChI=1S/C24H23ClN2O6S/c1-15-4-8-21(31-3)23(10-15)34(29,30)27(18-7-5-16(2)19(25)12-18)13-24(28)26-17-6-9-20-22(11-17)33-14-32-20/h4-12H,13-14H2,1-3H3,(H,26,28). The highest BCUT2D eigenvalue weighted by Gasteiger charge is 2.30. The fourth-order valence-corrected chi connectivity index (χ4v) is 5.29. The Kier molecular flexibility index (Phi) is 6.58. The summed E-state index contributed by atoms with van der Waals surface area (Å²) in [6.45, 7) is 3.19. The summed E-state index contributed by atoms with van der Waals surface area (Å²) in [6.07, 6.45) is 0. The van der Waals surface area contributed by atoms with Crippen molar-refractivity contribution in [1.29, 1.82) is 0 Å². The lowest BCUT2D eigenvalue weighted by atomic mass is 10.2. The zero-order valence-electron chi connectivity index (χ0n) is 18.8. The summed E-state index contributed by atoms with van der Waals surface area (Å²) in [5, 5.41) is 3.10. The van der Waals surface area contributed by atoms with E-state index in [0.29, 0.717) is 22.2 Å². The number of carbonyl (C=O) groups excluding carboxylic acids is 1. The first kappa shape index (κ1) is 23.7. The van der Waals surface area contributed by atoms with Crippen LogP contribution in [0.5, 0.6) is 17.2 Å². The van der Waals surface area contributed by atoms with Crippen LogP contribution < -0.4 is 23.8 Å². The van der Waals surface area contributed by atoms with Gasteiger partial charge in [-0.2, -0.15) is 0 Å². The Morgan fingerprint density at radius 2 is 1.82 bits per heavy atom. The molecule has 8 nitrogen and oxygen atoms in total. The second-order valence-corrected chi connectivity index (χ2v) is 9.95. The van der Waals surface area contributed by atoms with Gasteiger partial charge in [0.2, 0.25) is 12.7 Å². The molecule has 0 saturated carbocycles. The molecule has 0 atom stereocenters. The van der Waals surface area contributed by atoms with Gasteiger partial charge in [-0.25, -0.2) is 8.42 Å². The summed E-state index contributed by atoms with van der Waals surface area (Å²) in [6, 6.07) is 14.6. The van der Waals surface area contributed by atoms with E-state index < -0.39 is 22.5 Å². The zero-order valence-corrected chi connectivity index (χ0v) is 20.4. The highest BCUT2D eigenvalue weighted by atomic mass is 35.5. The molecule has 0 aromatic heterocycles. The van der Waals surface area contributed by atoms with Crippen molar-refractivity contribution in [2.45, 2.75) is 18.7 Å². The SMILES string of the molecule is COc1ccc(C)cc1S(=O)(=O)N(CC(=O)Nc1ccc2c(c1)OCO2)c1ccc(C)c(Cl)c1. The Morgan fingerprint density at radius 1 is 1.06 bits per heavy atom. The molecule has 3 aromatic carbocycles. The molecule has 0 aliphatic carbocycles. The lowest BCUT2D eigenvalue weighted by Crippen LogP contribution is -2.38. The van der Waals surface area contributed by atoms with E-state index in [1.807, 2.05) is 0 Å². The third-order valence-electron chi connectivity index (χ3n) is 5.27. The predicted molar refractivity (Wildman–Crippen MR) is 130 cm³/mol. The summed E-state index contributed by atoms with van der Waals surface area (Å²) in [5.74, 6) is 0.691. The Labute approximate surface area is 203 Å². The van der Waals surface area contributed by atoms with Crippen LogP contribution in [-0.2, 0) is 14.8 Å². The van der Waals surface area contributed by atoms with Crippen molar-refractivity contribution < 1.29 is 27.4 Å². The molecule has 0 spiro atoms. The largest absolute Gasteiger partial charge is 0.495 e. The molecule has 1 aliphatic heterocycles. The Morgan fingerprint density at radius 3 is 2.56 bits per heavy atom. The minimum absolute atomic E-state index is 0.0532. The number of benzene rings is 3. The van der Waals surface area contributed by atoms with Crippen LogP contribution >= 0.6 is 11.6 Å². The molecule has 1 heterocycles. The van der Waals surface area contributed by atoms with Gasteiger partial charge in [0.15, 0.2) is 11.5 Å². The van der Waals surface area contributed by atoms with E-state index in [9.17, 15) is 13.2 Å². The Hall–Kier alpha value is -3.43. The van der Waals surface area contributed by atoms with Crippen LogP contribution in [0.25, 0.3) is 0 Å². The second kappa shape index (κ2) is 9.44. The number of methoxy groups -OCH3 is 1. The van der Waals surface area contributed by atoms with Crippen LogP contribution in [0.2, 0.25) is 5.02 Å². The van der Waals surface area contributed by atoms with Gasteiger partial charge in [0.1, 0.15) is 17.2 Å². The van der Waals surface area contributed by atoms with Gasteiger partial charge in [-0.05, 0) is 61.4 Å². The molecule has 10 heteroatoms. The number of anilines is 2. The summed E-state index contributed by atoms with van der Waals surface area (Å²) in [5.41, 5.74) is 2.20. The maximum Gasteiger partial charge on any atom is 0.268 e. The van der Waals surface area contributed by atoms with Gasteiger partial charge in [-0.3, -0.25) is 9.10 Å². The molecule has 0 unspecified atom stereocenters. The van der Waals surface area contributed by atoms with Crippen molar-refractivity contribution in [2.24, 2.45) is 0 Å². The number of nitrogens with zero attached hydrogens (tertiary/aromatic N) is 1. The van der Waals surface area contributed by atoms with Crippen molar-refractivity contribution >= 4 is 38.9 Å². The van der Waals surface area contributed by atoms with Crippen molar-refractivity contribution in [1.82, 2.24) is 0 Å².